The molecule has 1 aliphatic rings. The normalized spacial score (nSPS) is 18.9. The second kappa shape index (κ2) is 5.74. The van der Waals surface area contributed by atoms with Gasteiger partial charge in [0.05, 0.1) is 0 Å². The molecular formula is C14H21NS. The molecule has 0 amide bonds. The second-order valence-electron chi connectivity index (χ2n) is 4.70. The molecule has 0 aliphatic heterocycles. The van der Waals surface area contributed by atoms with Crippen molar-refractivity contribution in [1.82, 2.24) is 0 Å². The van der Waals surface area contributed by atoms with Crippen molar-refractivity contribution in [3.8, 4) is 0 Å². The molecule has 0 heterocycles. The lowest BCUT2D eigenvalue weighted by atomic mass is 10.0. The molecule has 16 heavy (non-hydrogen) atoms. The highest BCUT2D eigenvalue weighted by molar-refractivity contribution is 8.00. The van der Waals surface area contributed by atoms with Crippen molar-refractivity contribution in [2.24, 2.45) is 11.7 Å². The molecule has 0 saturated heterocycles. The van der Waals surface area contributed by atoms with Gasteiger partial charge in [0, 0.05) is 16.7 Å². The quantitative estimate of drug-likeness (QED) is 0.807. The van der Waals surface area contributed by atoms with E-state index in [0.717, 1.165) is 12.5 Å². The molecule has 2 heteroatoms. The lowest BCUT2D eigenvalue weighted by Gasteiger charge is -2.21. The highest BCUT2D eigenvalue weighted by Gasteiger charge is 2.24. The first-order chi connectivity index (χ1) is 7.81. The fourth-order valence-electron chi connectivity index (χ4n) is 2.52. The Morgan fingerprint density at radius 1 is 1.31 bits per heavy atom. The van der Waals surface area contributed by atoms with Gasteiger partial charge in [0.15, 0.2) is 0 Å². The van der Waals surface area contributed by atoms with Gasteiger partial charge in [0.2, 0.25) is 0 Å². The Morgan fingerprint density at radius 2 is 2.00 bits per heavy atom. The molecule has 0 spiro atoms. The van der Waals surface area contributed by atoms with Crippen LogP contribution in [0.15, 0.2) is 29.2 Å². The predicted molar refractivity (Wildman–Crippen MR) is 71.8 cm³/mol. The van der Waals surface area contributed by atoms with Crippen LogP contribution in [-0.2, 0) is 0 Å². The predicted octanol–water partition coefficient (Wildman–Crippen LogP) is 3.60. The monoisotopic (exact) mass is 235 g/mol. The molecule has 0 radical (unpaired) electrons. The third kappa shape index (κ3) is 2.80. The summed E-state index contributed by atoms with van der Waals surface area (Å²) in [5.41, 5.74) is 7.31. The molecule has 1 saturated carbocycles. The highest BCUT2D eigenvalue weighted by Crippen LogP contribution is 2.37. The van der Waals surface area contributed by atoms with Crippen molar-refractivity contribution in [1.29, 1.82) is 0 Å². The number of aryl methyl sites for hydroxylation is 1. The van der Waals surface area contributed by atoms with Crippen molar-refractivity contribution >= 4 is 11.8 Å². The van der Waals surface area contributed by atoms with E-state index in [0.29, 0.717) is 5.25 Å². The minimum absolute atomic E-state index is 0.614. The summed E-state index contributed by atoms with van der Waals surface area (Å²) in [6.07, 6.45) is 5.55. The molecule has 1 fully saturated rings. The van der Waals surface area contributed by atoms with Crippen LogP contribution in [0.1, 0.15) is 31.2 Å². The Labute approximate surface area is 103 Å². The summed E-state index contributed by atoms with van der Waals surface area (Å²) in [5.74, 6) is 0.842. The summed E-state index contributed by atoms with van der Waals surface area (Å²) < 4.78 is 0. The second-order valence-corrected chi connectivity index (χ2v) is 5.98. The largest absolute Gasteiger partial charge is 0.329 e. The minimum Gasteiger partial charge on any atom is -0.329 e. The number of hydrogen-bond acceptors (Lipinski definition) is 2. The molecule has 1 nitrogen and oxygen atoms in total. The van der Waals surface area contributed by atoms with Gasteiger partial charge in [-0.1, -0.05) is 31.0 Å². The Hall–Kier alpha value is -0.470. The van der Waals surface area contributed by atoms with Crippen LogP contribution >= 0.6 is 11.8 Å². The van der Waals surface area contributed by atoms with Crippen molar-refractivity contribution < 1.29 is 0 Å². The van der Waals surface area contributed by atoms with Gasteiger partial charge in [0.1, 0.15) is 0 Å². The van der Waals surface area contributed by atoms with Crippen molar-refractivity contribution in [3.63, 3.8) is 0 Å². The fraction of sp³-hybridized carbons (Fsp3) is 0.571. The molecule has 88 valence electrons. The Bertz CT molecular complexity index is 331. The summed E-state index contributed by atoms with van der Waals surface area (Å²) in [4.78, 5) is 1.41. The van der Waals surface area contributed by atoms with Gasteiger partial charge in [-0.15, -0.1) is 11.8 Å². The Morgan fingerprint density at radius 3 is 2.62 bits per heavy atom. The molecule has 2 rings (SSSR count). The zero-order valence-electron chi connectivity index (χ0n) is 9.99. The number of hydrogen-bond donors (Lipinski definition) is 1. The van der Waals surface area contributed by atoms with Gasteiger partial charge in [0.25, 0.3) is 0 Å². The topological polar surface area (TPSA) is 26.0 Å². The first-order valence-electron chi connectivity index (χ1n) is 6.23. The summed E-state index contributed by atoms with van der Waals surface area (Å²) in [6, 6.07) is 8.63. The van der Waals surface area contributed by atoms with Gasteiger partial charge >= 0.3 is 0 Å². The lowest BCUT2D eigenvalue weighted by molar-refractivity contribution is 0.525. The van der Waals surface area contributed by atoms with E-state index in [2.05, 4.69) is 31.2 Å². The van der Waals surface area contributed by atoms with E-state index in [1.165, 1.54) is 36.1 Å². The number of benzene rings is 1. The van der Waals surface area contributed by atoms with E-state index in [4.69, 9.17) is 5.73 Å². The average molecular weight is 235 g/mol. The molecule has 1 aromatic rings. The van der Waals surface area contributed by atoms with E-state index >= 15 is 0 Å². The third-order valence-corrected chi connectivity index (χ3v) is 5.12. The van der Waals surface area contributed by atoms with Crippen LogP contribution in [0.3, 0.4) is 0 Å². The lowest BCUT2D eigenvalue weighted by Crippen LogP contribution is -2.24. The molecule has 1 aromatic carbocycles. The summed E-state index contributed by atoms with van der Waals surface area (Å²) in [6.45, 7) is 2.99. The van der Waals surface area contributed by atoms with E-state index in [1.54, 1.807) is 0 Å². The maximum Gasteiger partial charge on any atom is 0.0245 e. The number of rotatable bonds is 4. The highest BCUT2D eigenvalue weighted by atomic mass is 32.2. The van der Waals surface area contributed by atoms with E-state index in [9.17, 15) is 0 Å². The average Bonchev–Trinajstić information content (AvgIpc) is 2.81. The third-order valence-electron chi connectivity index (χ3n) is 3.53. The van der Waals surface area contributed by atoms with Crippen LogP contribution in [-0.4, -0.2) is 11.8 Å². The van der Waals surface area contributed by atoms with Gasteiger partial charge < -0.3 is 5.73 Å². The molecule has 0 aromatic heterocycles. The first-order valence-corrected chi connectivity index (χ1v) is 7.11. The van der Waals surface area contributed by atoms with Crippen LogP contribution in [0.5, 0.6) is 0 Å². The zero-order valence-corrected chi connectivity index (χ0v) is 10.8. The van der Waals surface area contributed by atoms with Gasteiger partial charge in [-0.3, -0.25) is 0 Å². The first kappa shape index (κ1) is 12.0. The molecule has 2 N–H and O–H groups in total. The van der Waals surface area contributed by atoms with Crippen molar-refractivity contribution in [2.75, 3.05) is 6.54 Å². The number of nitrogens with two attached hydrogens (primary N) is 1. The fourth-order valence-corrected chi connectivity index (χ4v) is 3.82. The van der Waals surface area contributed by atoms with E-state index < -0.39 is 0 Å². The van der Waals surface area contributed by atoms with Gasteiger partial charge in [-0.05, 0) is 37.3 Å². The van der Waals surface area contributed by atoms with Crippen LogP contribution in [0.25, 0.3) is 0 Å². The maximum absolute atomic E-state index is 5.93. The van der Waals surface area contributed by atoms with E-state index in [1.807, 2.05) is 11.8 Å². The molecule has 0 bridgehead atoms. The molecular weight excluding hydrogens is 214 g/mol. The minimum atomic E-state index is 0.614. The Kier molecular flexibility index (Phi) is 4.30. The summed E-state index contributed by atoms with van der Waals surface area (Å²) in [5, 5.41) is 0.614. The SMILES string of the molecule is Cc1ccccc1SC(CN)C1CCCC1. The molecule has 1 unspecified atom stereocenters. The van der Waals surface area contributed by atoms with Gasteiger partial charge in [-0.25, -0.2) is 0 Å². The maximum atomic E-state index is 5.93. The van der Waals surface area contributed by atoms with Gasteiger partial charge in [-0.2, -0.15) is 0 Å². The summed E-state index contributed by atoms with van der Waals surface area (Å²) in [7, 11) is 0. The standard InChI is InChI=1S/C14H21NS/c1-11-6-2-5-9-13(11)16-14(10-15)12-7-3-4-8-12/h2,5-6,9,12,14H,3-4,7-8,10,15H2,1H3. The van der Waals surface area contributed by atoms with Crippen LogP contribution in [0.2, 0.25) is 0 Å². The van der Waals surface area contributed by atoms with Crippen molar-refractivity contribution in [3.05, 3.63) is 29.8 Å². The summed E-state index contributed by atoms with van der Waals surface area (Å²) >= 11 is 1.99. The Balaban J connectivity index is 2.03. The molecule has 1 atom stereocenters. The zero-order chi connectivity index (χ0) is 11.4. The molecule has 1 aliphatic carbocycles. The van der Waals surface area contributed by atoms with Crippen molar-refractivity contribution in [2.45, 2.75) is 42.8 Å². The van der Waals surface area contributed by atoms with Crippen LogP contribution in [0, 0.1) is 12.8 Å². The van der Waals surface area contributed by atoms with E-state index in [-0.39, 0.29) is 0 Å². The van der Waals surface area contributed by atoms with Crippen LogP contribution < -0.4 is 5.73 Å². The van der Waals surface area contributed by atoms with Crippen LogP contribution in [0.4, 0.5) is 0 Å². The smallest absolute Gasteiger partial charge is 0.0245 e. The number of thioether (sulfide) groups is 1.